The van der Waals surface area contributed by atoms with E-state index in [9.17, 15) is 39.6 Å². The van der Waals surface area contributed by atoms with E-state index in [1.54, 1.807) is 27.7 Å². The smallest absolute Gasteiger partial charge is 0.341 e. The molecule has 0 radical (unpaired) electrons. The molecule has 276 valence electrons. The van der Waals surface area contributed by atoms with Crippen LogP contribution in [0.25, 0.3) is 0 Å². The highest BCUT2D eigenvalue weighted by atomic mass is 32.2. The fraction of sp³-hybridized carbons (Fsp3) is 0.789. The topological polar surface area (TPSA) is 186 Å². The molecule has 12 aliphatic rings. The summed E-state index contributed by atoms with van der Waals surface area (Å²) >= 11 is 1.32. The Morgan fingerprint density at radius 1 is 0.647 bits per heavy atom. The Balaban J connectivity index is 1.22. The number of carbonyl (C=O) groups excluding carboxylic acids is 4. The number of hydrogen-bond acceptors (Lipinski definition) is 13. The van der Waals surface area contributed by atoms with Crippen LogP contribution in [0.2, 0.25) is 0 Å². The molecule has 12 nitrogen and oxygen atoms in total. The second kappa shape index (κ2) is 9.43. The number of fused-ring (bicyclic) bond motifs is 2. The van der Waals surface area contributed by atoms with Crippen molar-refractivity contribution in [1.82, 2.24) is 0 Å². The molecule has 6 heterocycles. The maximum atomic E-state index is 14.9. The molecule has 6 aliphatic heterocycles. The second-order valence-corrected chi connectivity index (χ2v) is 19.5. The quantitative estimate of drug-likeness (QED) is 0.305. The summed E-state index contributed by atoms with van der Waals surface area (Å²) in [5, 5.41) is 46.3. The predicted octanol–water partition coefficient (Wildman–Crippen LogP) is 3.02. The van der Waals surface area contributed by atoms with Gasteiger partial charge in [0.25, 0.3) is 0 Å². The summed E-state index contributed by atoms with van der Waals surface area (Å²) in [7, 11) is 0. The standard InChI is InChI=1S/C38H46O12S/c1-13-7-9-17(39)19-31(45)47-35-11-15(3)33(5)29(43)23(35)27(21(25(13)41)37(19,35)49-33)51-28-22-26(42)14(2)8-10-18(40)20-32(46)48-36-12-16(4)34(6,30(44)24(28)36)50-38(20,22)36/h13-16,21-24,27-30,39-40,43-44H,7-12H2,1-6H3. The van der Waals surface area contributed by atoms with Crippen LogP contribution >= 0.6 is 11.8 Å². The van der Waals surface area contributed by atoms with Gasteiger partial charge in [0.2, 0.25) is 0 Å². The van der Waals surface area contributed by atoms with Gasteiger partial charge in [0, 0.05) is 47.0 Å². The molecule has 4 saturated carbocycles. The SMILES string of the molecule is CC1CCC(O)=C2C(=O)OC34CC(C)C5(C)OC23C(C1=O)C(SC1C2C(O)C3(C)OC67C(=C(O)CCC(C)C(=O)C16)C(=O)OC27CC3C)C4C5O. The Morgan fingerprint density at radius 3 is 1.39 bits per heavy atom. The van der Waals surface area contributed by atoms with Gasteiger partial charge in [-0.3, -0.25) is 9.59 Å². The summed E-state index contributed by atoms with van der Waals surface area (Å²) in [6, 6.07) is 0. The van der Waals surface area contributed by atoms with E-state index in [1.807, 2.05) is 13.8 Å². The summed E-state index contributed by atoms with van der Waals surface area (Å²) in [4.78, 5) is 57.6. The van der Waals surface area contributed by atoms with E-state index in [1.165, 1.54) is 11.8 Å². The lowest BCUT2D eigenvalue weighted by molar-refractivity contribution is -0.341. The molecule has 18 atom stereocenters. The zero-order valence-corrected chi connectivity index (χ0v) is 30.5. The van der Waals surface area contributed by atoms with Crippen LogP contribution in [0.3, 0.4) is 0 Å². The first kappa shape index (κ1) is 33.1. The fourth-order valence-electron chi connectivity index (χ4n) is 13.5. The third kappa shape index (κ3) is 3.13. The van der Waals surface area contributed by atoms with E-state index in [-0.39, 0.29) is 58.9 Å². The van der Waals surface area contributed by atoms with Crippen molar-refractivity contribution >= 4 is 35.3 Å². The number of hydrogen-bond donors (Lipinski definition) is 4. The van der Waals surface area contributed by atoms with Crippen molar-refractivity contribution < 1.29 is 58.6 Å². The largest absolute Gasteiger partial charge is 0.512 e. The zero-order valence-electron chi connectivity index (χ0n) is 29.6. The molecule has 6 aliphatic carbocycles. The molecule has 4 N–H and O–H groups in total. The Kier molecular flexibility index (Phi) is 6.13. The number of allylic oxidation sites excluding steroid dienone is 2. The fourth-order valence-corrected chi connectivity index (χ4v) is 15.9. The van der Waals surface area contributed by atoms with Gasteiger partial charge in [0.1, 0.15) is 34.2 Å². The molecule has 0 aromatic carbocycles. The first-order valence-electron chi connectivity index (χ1n) is 18.7. The van der Waals surface area contributed by atoms with Crippen molar-refractivity contribution in [2.75, 3.05) is 0 Å². The number of esters is 2. The molecule has 6 saturated heterocycles. The normalized spacial score (nSPS) is 59.0. The maximum Gasteiger partial charge on any atom is 0.341 e. The van der Waals surface area contributed by atoms with E-state index in [4.69, 9.17) is 18.9 Å². The summed E-state index contributed by atoms with van der Waals surface area (Å²) in [6.45, 7) is 11.0. The Hall–Kier alpha value is -2.45. The average molecular weight is 727 g/mol. The number of carbonyl (C=O) groups is 4. The van der Waals surface area contributed by atoms with Crippen LogP contribution in [-0.4, -0.2) is 100 Å². The lowest BCUT2D eigenvalue weighted by Crippen LogP contribution is -2.76. The first-order chi connectivity index (χ1) is 23.9. The van der Waals surface area contributed by atoms with Gasteiger partial charge >= 0.3 is 11.9 Å². The van der Waals surface area contributed by atoms with Crippen LogP contribution < -0.4 is 0 Å². The Morgan fingerprint density at radius 2 is 1.02 bits per heavy atom. The lowest BCUT2D eigenvalue weighted by atomic mass is 9.56. The minimum Gasteiger partial charge on any atom is -0.512 e. The monoisotopic (exact) mass is 726 g/mol. The van der Waals surface area contributed by atoms with E-state index >= 15 is 0 Å². The van der Waals surface area contributed by atoms with Crippen molar-refractivity contribution in [3.8, 4) is 0 Å². The third-order valence-corrected chi connectivity index (χ3v) is 17.9. The molecule has 0 aromatic heterocycles. The van der Waals surface area contributed by atoms with Gasteiger partial charge in [-0.05, 0) is 51.4 Å². The van der Waals surface area contributed by atoms with E-state index in [2.05, 4.69) is 0 Å². The van der Waals surface area contributed by atoms with Crippen LogP contribution in [0.1, 0.15) is 80.1 Å². The highest BCUT2D eigenvalue weighted by molar-refractivity contribution is 8.00. The zero-order chi connectivity index (χ0) is 36.3. The number of aliphatic hydroxyl groups excluding tert-OH is 4. The minimum atomic E-state index is -1.68. The molecule has 10 fully saturated rings. The number of thioether (sulfide) groups is 1. The van der Waals surface area contributed by atoms with Crippen LogP contribution in [0.5, 0.6) is 0 Å². The third-order valence-electron chi connectivity index (χ3n) is 16.2. The van der Waals surface area contributed by atoms with Crippen molar-refractivity contribution in [2.24, 2.45) is 47.3 Å². The molecule has 12 rings (SSSR count). The molecule has 0 amide bonds. The van der Waals surface area contributed by atoms with Crippen LogP contribution in [0, 0.1) is 47.3 Å². The van der Waals surface area contributed by atoms with E-state index < -0.39 is 104 Å². The van der Waals surface area contributed by atoms with Gasteiger partial charge in [-0.25, -0.2) is 9.59 Å². The second-order valence-electron chi connectivity index (χ2n) is 18.1. The summed E-state index contributed by atoms with van der Waals surface area (Å²) in [5.41, 5.74) is -8.79. The van der Waals surface area contributed by atoms with Crippen molar-refractivity contribution in [2.45, 2.75) is 136 Å². The maximum absolute atomic E-state index is 14.9. The number of ether oxygens (including phenoxy) is 4. The molecule has 8 bridgehead atoms. The lowest BCUT2D eigenvalue weighted by Gasteiger charge is -2.63. The van der Waals surface area contributed by atoms with Gasteiger partial charge in [-0.2, -0.15) is 11.8 Å². The van der Waals surface area contributed by atoms with Crippen LogP contribution in [-0.2, 0) is 38.1 Å². The molecule has 0 aromatic rings. The van der Waals surface area contributed by atoms with Gasteiger partial charge in [-0.1, -0.05) is 27.7 Å². The van der Waals surface area contributed by atoms with Gasteiger partial charge < -0.3 is 39.4 Å². The summed E-state index contributed by atoms with van der Waals surface area (Å²) in [6.07, 6.45) is -1.01. The molecule has 51 heavy (non-hydrogen) atoms. The van der Waals surface area contributed by atoms with Gasteiger partial charge in [0.15, 0.2) is 22.4 Å². The van der Waals surface area contributed by atoms with Gasteiger partial charge in [-0.15, -0.1) is 0 Å². The molecule has 13 heteroatoms. The number of Topliss-reactive ketones (excluding diaryl/α,β-unsaturated/α-hetero) is 2. The average Bonchev–Trinajstić information content (AvgIpc) is 3.57. The number of ketones is 2. The number of aliphatic hydroxyl groups is 4. The summed E-state index contributed by atoms with van der Waals surface area (Å²) in [5.74, 6) is -7.57. The Bertz CT molecular complexity index is 1700. The van der Waals surface area contributed by atoms with Crippen LogP contribution in [0.15, 0.2) is 22.7 Å². The van der Waals surface area contributed by atoms with Crippen molar-refractivity contribution in [3.05, 3.63) is 22.7 Å². The highest BCUT2D eigenvalue weighted by Crippen LogP contribution is 2.79. The van der Waals surface area contributed by atoms with E-state index in [0.29, 0.717) is 25.7 Å². The molecular formula is C38H46O12S. The molecular weight excluding hydrogens is 680 g/mol. The minimum absolute atomic E-state index is 0.0476. The first-order valence-corrected chi connectivity index (χ1v) is 19.6. The predicted molar refractivity (Wildman–Crippen MR) is 177 cm³/mol. The van der Waals surface area contributed by atoms with Crippen molar-refractivity contribution in [1.29, 1.82) is 0 Å². The summed E-state index contributed by atoms with van der Waals surface area (Å²) < 4.78 is 26.7. The van der Waals surface area contributed by atoms with E-state index in [0.717, 1.165) is 0 Å². The van der Waals surface area contributed by atoms with Crippen molar-refractivity contribution in [3.63, 3.8) is 0 Å². The molecule has 4 spiro atoms. The molecule has 18 unspecified atom stereocenters. The number of rotatable bonds is 2. The highest BCUT2D eigenvalue weighted by Gasteiger charge is 2.92. The van der Waals surface area contributed by atoms with Crippen LogP contribution in [0.4, 0.5) is 0 Å². The Labute approximate surface area is 299 Å². The van der Waals surface area contributed by atoms with Gasteiger partial charge in [0.05, 0.1) is 35.2 Å².